The Labute approximate surface area is 108 Å². The largest absolute Gasteiger partial charge is 0.481 e. The molecule has 0 amide bonds. The highest BCUT2D eigenvalue weighted by Gasteiger charge is 2.27. The van der Waals surface area contributed by atoms with Crippen molar-refractivity contribution in [3.63, 3.8) is 0 Å². The summed E-state index contributed by atoms with van der Waals surface area (Å²) in [6.45, 7) is 4.00. The second-order valence-corrected chi connectivity index (χ2v) is 5.12. The normalized spacial score (nSPS) is 20.9. The molecule has 3 nitrogen and oxygen atoms in total. The lowest BCUT2D eigenvalue weighted by Crippen LogP contribution is -2.22. The molecule has 1 heterocycles. The van der Waals surface area contributed by atoms with Gasteiger partial charge in [0.25, 0.3) is 0 Å². The van der Waals surface area contributed by atoms with Crippen LogP contribution in [-0.4, -0.2) is 24.2 Å². The summed E-state index contributed by atoms with van der Waals surface area (Å²) in [6, 6.07) is 10.4. The molecule has 1 aliphatic heterocycles. The van der Waals surface area contributed by atoms with E-state index < -0.39 is 5.97 Å². The lowest BCUT2D eigenvalue weighted by molar-refractivity contribution is -0.142. The number of hydrogen-bond acceptors (Lipinski definition) is 2. The lowest BCUT2D eigenvalue weighted by Gasteiger charge is -2.19. The number of carboxylic acid groups (broad SMARTS) is 1. The van der Waals surface area contributed by atoms with Crippen molar-refractivity contribution in [3.05, 3.63) is 30.3 Å². The van der Waals surface area contributed by atoms with Crippen molar-refractivity contribution < 1.29 is 9.90 Å². The van der Waals surface area contributed by atoms with Crippen molar-refractivity contribution in [2.75, 3.05) is 18.0 Å². The van der Waals surface area contributed by atoms with E-state index >= 15 is 0 Å². The molecule has 1 saturated heterocycles. The van der Waals surface area contributed by atoms with Crippen LogP contribution >= 0.6 is 0 Å². The van der Waals surface area contributed by atoms with Crippen molar-refractivity contribution in [1.82, 2.24) is 0 Å². The third kappa shape index (κ3) is 3.03. The molecule has 0 bridgehead atoms. The molecule has 98 valence electrons. The van der Waals surface area contributed by atoms with E-state index in [1.807, 2.05) is 13.0 Å². The van der Waals surface area contributed by atoms with Gasteiger partial charge < -0.3 is 10.0 Å². The number of nitrogens with zero attached hydrogens (tertiary/aromatic N) is 1. The quantitative estimate of drug-likeness (QED) is 0.869. The Morgan fingerprint density at radius 1 is 1.44 bits per heavy atom. The molecule has 1 aromatic carbocycles. The highest BCUT2D eigenvalue weighted by atomic mass is 16.4. The average molecular weight is 247 g/mol. The first-order valence-corrected chi connectivity index (χ1v) is 6.73. The number of hydrogen-bond donors (Lipinski definition) is 1. The number of anilines is 1. The Kier molecular flexibility index (Phi) is 4.24. The van der Waals surface area contributed by atoms with Crippen LogP contribution in [0.1, 0.15) is 26.2 Å². The molecule has 0 aromatic heterocycles. The van der Waals surface area contributed by atoms with Gasteiger partial charge in [-0.15, -0.1) is 0 Å². The molecule has 0 spiro atoms. The second kappa shape index (κ2) is 5.89. The molecule has 1 aliphatic rings. The van der Waals surface area contributed by atoms with Gasteiger partial charge in [-0.2, -0.15) is 0 Å². The molecule has 3 heteroatoms. The van der Waals surface area contributed by atoms with E-state index in [4.69, 9.17) is 5.11 Å². The molecule has 1 N–H and O–H groups in total. The molecular formula is C15H21NO2. The summed E-state index contributed by atoms with van der Waals surface area (Å²) in [5, 5.41) is 9.10. The first kappa shape index (κ1) is 12.9. The van der Waals surface area contributed by atoms with Gasteiger partial charge in [0.05, 0.1) is 5.92 Å². The number of carboxylic acids is 1. The van der Waals surface area contributed by atoms with Gasteiger partial charge in [0, 0.05) is 18.8 Å². The van der Waals surface area contributed by atoms with Crippen molar-refractivity contribution >= 4 is 11.7 Å². The molecule has 2 rings (SSSR count). The van der Waals surface area contributed by atoms with Crippen LogP contribution in [0, 0.1) is 11.8 Å². The van der Waals surface area contributed by atoms with Gasteiger partial charge in [-0.3, -0.25) is 4.79 Å². The monoisotopic (exact) mass is 247 g/mol. The Bertz CT molecular complexity index is 391. The van der Waals surface area contributed by atoms with E-state index in [-0.39, 0.29) is 5.92 Å². The molecule has 0 radical (unpaired) electrons. The number of rotatable bonds is 5. The van der Waals surface area contributed by atoms with E-state index in [0.717, 1.165) is 32.4 Å². The van der Waals surface area contributed by atoms with Crippen molar-refractivity contribution in [3.8, 4) is 0 Å². The summed E-state index contributed by atoms with van der Waals surface area (Å²) in [5.41, 5.74) is 1.25. The average Bonchev–Trinajstić information content (AvgIpc) is 2.85. The standard InChI is InChI=1S/C15H21NO2/c1-2-13(15(17)18)10-12-8-9-16(11-12)14-6-4-3-5-7-14/h3-7,12-13H,2,8-11H2,1H3,(H,17,18). The summed E-state index contributed by atoms with van der Waals surface area (Å²) >= 11 is 0. The van der Waals surface area contributed by atoms with Gasteiger partial charge in [0.1, 0.15) is 0 Å². The predicted molar refractivity (Wildman–Crippen MR) is 72.8 cm³/mol. The number of carbonyl (C=O) groups is 1. The Balaban J connectivity index is 1.91. The maximum Gasteiger partial charge on any atom is 0.306 e. The summed E-state index contributed by atoms with van der Waals surface area (Å²) < 4.78 is 0. The molecular weight excluding hydrogens is 226 g/mol. The summed E-state index contributed by atoms with van der Waals surface area (Å²) in [6.07, 6.45) is 2.66. The smallest absolute Gasteiger partial charge is 0.306 e. The minimum Gasteiger partial charge on any atom is -0.481 e. The van der Waals surface area contributed by atoms with Crippen molar-refractivity contribution in [1.29, 1.82) is 0 Å². The maximum atomic E-state index is 11.1. The maximum absolute atomic E-state index is 11.1. The molecule has 0 saturated carbocycles. The van der Waals surface area contributed by atoms with Crippen LogP contribution in [-0.2, 0) is 4.79 Å². The van der Waals surface area contributed by atoms with E-state index in [1.54, 1.807) is 0 Å². The summed E-state index contributed by atoms with van der Waals surface area (Å²) in [5.74, 6) is -0.298. The van der Waals surface area contributed by atoms with Gasteiger partial charge in [0.2, 0.25) is 0 Å². The minimum absolute atomic E-state index is 0.175. The first-order valence-electron chi connectivity index (χ1n) is 6.73. The van der Waals surface area contributed by atoms with Crippen molar-refractivity contribution in [2.45, 2.75) is 26.2 Å². The highest BCUT2D eigenvalue weighted by molar-refractivity contribution is 5.69. The second-order valence-electron chi connectivity index (χ2n) is 5.12. The fourth-order valence-corrected chi connectivity index (χ4v) is 2.74. The van der Waals surface area contributed by atoms with Gasteiger partial charge in [-0.1, -0.05) is 25.1 Å². The lowest BCUT2D eigenvalue weighted by atomic mass is 9.92. The summed E-state index contributed by atoms with van der Waals surface area (Å²) in [4.78, 5) is 13.4. The molecule has 2 unspecified atom stereocenters. The van der Waals surface area contributed by atoms with E-state index in [0.29, 0.717) is 5.92 Å². The minimum atomic E-state index is -0.643. The Morgan fingerprint density at radius 3 is 2.78 bits per heavy atom. The van der Waals surface area contributed by atoms with Crippen LogP contribution in [0.25, 0.3) is 0 Å². The zero-order valence-corrected chi connectivity index (χ0v) is 10.9. The third-order valence-corrected chi connectivity index (χ3v) is 3.87. The zero-order chi connectivity index (χ0) is 13.0. The SMILES string of the molecule is CCC(CC1CCN(c2ccccc2)C1)C(=O)O. The van der Waals surface area contributed by atoms with Crippen LogP contribution < -0.4 is 4.90 Å². The van der Waals surface area contributed by atoms with Crippen LogP contribution in [0.4, 0.5) is 5.69 Å². The number of para-hydroxylation sites is 1. The van der Waals surface area contributed by atoms with Gasteiger partial charge in [-0.05, 0) is 37.3 Å². The van der Waals surface area contributed by atoms with Gasteiger partial charge in [-0.25, -0.2) is 0 Å². The van der Waals surface area contributed by atoms with E-state index in [2.05, 4.69) is 29.2 Å². The molecule has 0 aliphatic carbocycles. The first-order chi connectivity index (χ1) is 8.70. The zero-order valence-electron chi connectivity index (χ0n) is 10.9. The van der Waals surface area contributed by atoms with E-state index in [1.165, 1.54) is 5.69 Å². The molecule has 2 atom stereocenters. The van der Waals surface area contributed by atoms with Gasteiger partial charge >= 0.3 is 5.97 Å². The Morgan fingerprint density at radius 2 is 2.17 bits per heavy atom. The van der Waals surface area contributed by atoms with Gasteiger partial charge in [0.15, 0.2) is 0 Å². The number of aliphatic carboxylic acids is 1. The molecule has 1 aromatic rings. The topological polar surface area (TPSA) is 40.5 Å². The Hall–Kier alpha value is -1.51. The summed E-state index contributed by atoms with van der Waals surface area (Å²) in [7, 11) is 0. The van der Waals surface area contributed by atoms with Crippen LogP contribution in [0.5, 0.6) is 0 Å². The van der Waals surface area contributed by atoms with Crippen LogP contribution in [0.15, 0.2) is 30.3 Å². The fraction of sp³-hybridized carbons (Fsp3) is 0.533. The van der Waals surface area contributed by atoms with Crippen LogP contribution in [0.3, 0.4) is 0 Å². The third-order valence-electron chi connectivity index (χ3n) is 3.87. The number of benzene rings is 1. The van der Waals surface area contributed by atoms with Crippen molar-refractivity contribution in [2.24, 2.45) is 11.8 Å². The van der Waals surface area contributed by atoms with E-state index in [9.17, 15) is 4.79 Å². The van der Waals surface area contributed by atoms with Crippen LogP contribution in [0.2, 0.25) is 0 Å². The molecule has 1 fully saturated rings. The predicted octanol–water partition coefficient (Wildman–Crippen LogP) is 3.01. The molecule has 18 heavy (non-hydrogen) atoms. The fourth-order valence-electron chi connectivity index (χ4n) is 2.74. The highest BCUT2D eigenvalue weighted by Crippen LogP contribution is 2.28.